The van der Waals surface area contributed by atoms with Gasteiger partial charge in [0.15, 0.2) is 0 Å². The molecule has 156 valence electrons. The van der Waals surface area contributed by atoms with E-state index in [2.05, 4.69) is 15.3 Å². The van der Waals surface area contributed by atoms with Crippen LogP contribution in [0, 0.1) is 5.82 Å². The number of aromatic nitrogens is 2. The van der Waals surface area contributed by atoms with Gasteiger partial charge in [0.2, 0.25) is 5.88 Å². The molecule has 0 atom stereocenters. The topological polar surface area (TPSA) is 73.3 Å². The summed E-state index contributed by atoms with van der Waals surface area (Å²) in [6, 6.07) is 16.2. The Bertz CT molecular complexity index is 1150. The summed E-state index contributed by atoms with van der Waals surface area (Å²) < 4.78 is 24.3. The van der Waals surface area contributed by atoms with Crippen LogP contribution >= 0.6 is 11.3 Å². The van der Waals surface area contributed by atoms with E-state index in [1.807, 2.05) is 5.38 Å². The van der Waals surface area contributed by atoms with Crippen LogP contribution in [0.5, 0.6) is 17.4 Å². The molecule has 6 nitrogen and oxygen atoms in total. The van der Waals surface area contributed by atoms with E-state index in [4.69, 9.17) is 9.47 Å². The highest BCUT2D eigenvalue weighted by Gasteiger charge is 2.08. The van der Waals surface area contributed by atoms with Crippen molar-refractivity contribution in [3.05, 3.63) is 100 Å². The van der Waals surface area contributed by atoms with Crippen molar-refractivity contribution < 1.29 is 18.7 Å². The Morgan fingerprint density at radius 3 is 2.71 bits per heavy atom. The Kier molecular flexibility index (Phi) is 6.49. The van der Waals surface area contributed by atoms with Gasteiger partial charge in [-0.25, -0.2) is 14.4 Å². The summed E-state index contributed by atoms with van der Waals surface area (Å²) in [4.78, 5) is 20.9. The van der Waals surface area contributed by atoms with Crippen LogP contribution in [0.2, 0.25) is 0 Å². The minimum absolute atomic E-state index is 0.225. The lowest BCUT2D eigenvalue weighted by molar-refractivity contribution is 0.0950. The van der Waals surface area contributed by atoms with Crippen molar-refractivity contribution in [2.75, 3.05) is 0 Å². The number of nitrogens with one attached hydrogen (secondary N) is 1. The number of hydrogen-bond acceptors (Lipinski definition) is 6. The number of benzene rings is 2. The third-order valence-electron chi connectivity index (χ3n) is 4.25. The van der Waals surface area contributed by atoms with Crippen molar-refractivity contribution in [1.82, 2.24) is 15.3 Å². The van der Waals surface area contributed by atoms with Crippen LogP contribution in [0.4, 0.5) is 4.39 Å². The van der Waals surface area contributed by atoms with Gasteiger partial charge in [0, 0.05) is 29.8 Å². The summed E-state index contributed by atoms with van der Waals surface area (Å²) in [7, 11) is 0. The molecule has 0 fully saturated rings. The number of carbonyl (C=O) groups is 1. The lowest BCUT2D eigenvalue weighted by Gasteiger charge is -2.09. The molecule has 4 aromatic rings. The fourth-order valence-corrected chi connectivity index (χ4v) is 3.26. The molecule has 1 N–H and O–H groups in total. The zero-order chi connectivity index (χ0) is 21.5. The van der Waals surface area contributed by atoms with Crippen LogP contribution in [0.15, 0.2) is 77.8 Å². The van der Waals surface area contributed by atoms with E-state index < -0.39 is 0 Å². The largest absolute Gasteiger partial charge is 0.487 e. The van der Waals surface area contributed by atoms with Gasteiger partial charge in [0.1, 0.15) is 23.9 Å². The molecule has 0 aliphatic carbocycles. The Labute approximate surface area is 182 Å². The number of amides is 1. The molecule has 0 unspecified atom stereocenters. The fourth-order valence-electron chi connectivity index (χ4n) is 2.72. The molecule has 2 aromatic heterocycles. The van der Waals surface area contributed by atoms with E-state index >= 15 is 0 Å². The number of nitrogens with zero attached hydrogens (tertiary/aromatic N) is 2. The van der Waals surface area contributed by atoms with Gasteiger partial charge in [-0.1, -0.05) is 6.07 Å². The second-order valence-electron chi connectivity index (χ2n) is 6.54. The van der Waals surface area contributed by atoms with E-state index in [0.717, 1.165) is 11.3 Å². The quantitative estimate of drug-likeness (QED) is 0.423. The van der Waals surface area contributed by atoms with E-state index in [-0.39, 0.29) is 11.7 Å². The molecule has 8 heteroatoms. The number of thiazole rings is 1. The molecule has 0 aliphatic heterocycles. The molecular formula is C23H18FN3O3S. The predicted molar refractivity (Wildman–Crippen MR) is 115 cm³/mol. The van der Waals surface area contributed by atoms with Gasteiger partial charge in [0.25, 0.3) is 5.91 Å². The second-order valence-corrected chi connectivity index (χ2v) is 7.26. The van der Waals surface area contributed by atoms with Crippen LogP contribution in [-0.2, 0) is 13.2 Å². The summed E-state index contributed by atoms with van der Waals surface area (Å²) in [5.41, 5.74) is 3.90. The van der Waals surface area contributed by atoms with Crippen molar-refractivity contribution in [3.8, 4) is 17.4 Å². The maximum atomic E-state index is 13.0. The van der Waals surface area contributed by atoms with Crippen LogP contribution in [0.25, 0.3) is 0 Å². The predicted octanol–water partition coefficient (Wildman–Crippen LogP) is 4.98. The molecule has 1 amide bonds. The normalized spacial score (nSPS) is 10.5. The first-order valence-electron chi connectivity index (χ1n) is 9.42. The summed E-state index contributed by atoms with van der Waals surface area (Å²) in [6.07, 6.45) is 1.59. The first-order chi connectivity index (χ1) is 15.2. The highest BCUT2D eigenvalue weighted by molar-refractivity contribution is 7.07. The fraction of sp³-hybridized carbons (Fsp3) is 0.0870. The van der Waals surface area contributed by atoms with Crippen molar-refractivity contribution in [1.29, 1.82) is 0 Å². The zero-order valence-electron chi connectivity index (χ0n) is 16.3. The van der Waals surface area contributed by atoms with Crippen LogP contribution in [0.1, 0.15) is 21.6 Å². The van der Waals surface area contributed by atoms with Crippen LogP contribution < -0.4 is 14.8 Å². The molecule has 0 radical (unpaired) electrons. The van der Waals surface area contributed by atoms with E-state index in [1.54, 1.807) is 48.1 Å². The smallest absolute Gasteiger partial charge is 0.251 e. The number of ether oxygens (including phenoxy) is 2. The van der Waals surface area contributed by atoms with Gasteiger partial charge in [-0.15, -0.1) is 11.3 Å². The number of hydrogen-bond donors (Lipinski definition) is 1. The van der Waals surface area contributed by atoms with Crippen LogP contribution in [0.3, 0.4) is 0 Å². The Hall–Kier alpha value is -3.78. The maximum absolute atomic E-state index is 13.0. The summed E-state index contributed by atoms with van der Waals surface area (Å²) in [5, 5.41) is 4.79. The second kappa shape index (κ2) is 9.82. The van der Waals surface area contributed by atoms with Gasteiger partial charge < -0.3 is 14.8 Å². The average molecular weight is 435 g/mol. The highest BCUT2D eigenvalue weighted by atomic mass is 32.1. The third kappa shape index (κ3) is 5.86. The molecule has 2 aromatic carbocycles. The average Bonchev–Trinajstić information content (AvgIpc) is 3.32. The molecule has 4 rings (SSSR count). The molecule has 2 heterocycles. The lowest BCUT2D eigenvalue weighted by Crippen LogP contribution is -2.22. The summed E-state index contributed by atoms with van der Waals surface area (Å²) in [5.74, 6) is 0.867. The summed E-state index contributed by atoms with van der Waals surface area (Å²) >= 11 is 1.51. The molecule has 0 spiro atoms. The SMILES string of the molecule is O=C(NCc1ccnc(Oc2ccc(F)cc2)c1)c1cccc(OCc2cscn2)c1. The van der Waals surface area contributed by atoms with E-state index in [9.17, 15) is 9.18 Å². The van der Waals surface area contributed by atoms with Crippen molar-refractivity contribution in [2.24, 2.45) is 0 Å². The van der Waals surface area contributed by atoms with E-state index in [0.29, 0.717) is 36.1 Å². The number of halogens is 1. The van der Waals surface area contributed by atoms with Crippen molar-refractivity contribution in [2.45, 2.75) is 13.2 Å². The molecule has 0 bridgehead atoms. The van der Waals surface area contributed by atoms with Crippen LogP contribution in [-0.4, -0.2) is 15.9 Å². The number of rotatable bonds is 8. The Balaban J connectivity index is 1.34. The van der Waals surface area contributed by atoms with Crippen molar-refractivity contribution in [3.63, 3.8) is 0 Å². The number of pyridine rings is 1. The van der Waals surface area contributed by atoms with Gasteiger partial charge in [-0.2, -0.15) is 0 Å². The number of carbonyl (C=O) groups excluding carboxylic acids is 1. The lowest BCUT2D eigenvalue weighted by atomic mass is 10.2. The summed E-state index contributed by atoms with van der Waals surface area (Å²) in [6.45, 7) is 0.646. The first kappa shape index (κ1) is 20.5. The standard InChI is InChI=1S/C23H18FN3O3S/c24-18-4-6-20(7-5-18)30-22-10-16(8-9-25-22)12-26-23(28)17-2-1-3-21(11-17)29-13-19-14-31-15-27-19/h1-11,14-15H,12-13H2,(H,26,28). The highest BCUT2D eigenvalue weighted by Crippen LogP contribution is 2.20. The zero-order valence-corrected chi connectivity index (χ0v) is 17.1. The molecule has 0 saturated heterocycles. The van der Waals surface area contributed by atoms with E-state index in [1.165, 1.54) is 35.6 Å². The molecular weight excluding hydrogens is 417 g/mol. The minimum atomic E-state index is -0.339. The Morgan fingerprint density at radius 1 is 1.03 bits per heavy atom. The Morgan fingerprint density at radius 2 is 1.90 bits per heavy atom. The maximum Gasteiger partial charge on any atom is 0.251 e. The van der Waals surface area contributed by atoms with Crippen molar-refractivity contribution >= 4 is 17.2 Å². The van der Waals surface area contributed by atoms with Gasteiger partial charge in [-0.05, 0) is 54.1 Å². The van der Waals surface area contributed by atoms with Gasteiger partial charge in [0.05, 0.1) is 11.2 Å². The van der Waals surface area contributed by atoms with Gasteiger partial charge >= 0.3 is 0 Å². The van der Waals surface area contributed by atoms with Gasteiger partial charge in [-0.3, -0.25) is 4.79 Å². The molecule has 0 aliphatic rings. The minimum Gasteiger partial charge on any atom is -0.487 e. The first-order valence-corrected chi connectivity index (χ1v) is 10.4. The molecule has 0 saturated carbocycles. The molecule has 31 heavy (non-hydrogen) atoms. The third-order valence-corrected chi connectivity index (χ3v) is 4.89. The monoisotopic (exact) mass is 435 g/mol.